The Balaban J connectivity index is 2.37. The highest BCUT2D eigenvalue weighted by Crippen LogP contribution is 2.22. The maximum atomic E-state index is 5.96. The second kappa shape index (κ2) is 5.43. The third-order valence-corrected chi connectivity index (χ3v) is 2.78. The van der Waals surface area contributed by atoms with Crippen molar-refractivity contribution in [3.05, 3.63) is 11.6 Å². The van der Waals surface area contributed by atoms with Gasteiger partial charge in [0.2, 0.25) is 0 Å². The highest BCUT2D eigenvalue weighted by atomic mass is 14.6. The molecule has 0 amide bonds. The standard InChI is InChI=1S/C12H23N/c1-10(2)7-8-11-5-3-4-6-12(13)9-11/h9-10,12H,3-8,13H2,1-2H3. The van der Waals surface area contributed by atoms with Gasteiger partial charge in [0.1, 0.15) is 0 Å². The lowest BCUT2D eigenvalue weighted by Crippen LogP contribution is -2.15. The van der Waals surface area contributed by atoms with Crippen LogP contribution in [-0.2, 0) is 0 Å². The summed E-state index contributed by atoms with van der Waals surface area (Å²) in [6.07, 6.45) is 10.0. The van der Waals surface area contributed by atoms with Crippen molar-refractivity contribution in [2.45, 2.75) is 58.4 Å². The smallest absolute Gasteiger partial charge is 0.0226 e. The molecular weight excluding hydrogens is 158 g/mol. The van der Waals surface area contributed by atoms with Crippen LogP contribution in [0.1, 0.15) is 52.4 Å². The number of rotatable bonds is 3. The maximum Gasteiger partial charge on any atom is 0.0226 e. The Morgan fingerprint density at radius 3 is 2.92 bits per heavy atom. The van der Waals surface area contributed by atoms with Crippen LogP contribution in [0.15, 0.2) is 11.6 Å². The van der Waals surface area contributed by atoms with E-state index in [1.165, 1.54) is 38.5 Å². The van der Waals surface area contributed by atoms with E-state index in [0.29, 0.717) is 6.04 Å². The largest absolute Gasteiger partial charge is 0.324 e. The van der Waals surface area contributed by atoms with E-state index >= 15 is 0 Å². The molecule has 0 fully saturated rings. The molecule has 0 aliphatic heterocycles. The van der Waals surface area contributed by atoms with E-state index in [1.807, 2.05) is 0 Å². The lowest BCUT2D eigenvalue weighted by Gasteiger charge is -2.08. The van der Waals surface area contributed by atoms with Gasteiger partial charge in [-0.3, -0.25) is 0 Å². The fourth-order valence-electron chi connectivity index (χ4n) is 1.88. The highest BCUT2D eigenvalue weighted by molar-refractivity contribution is 5.08. The summed E-state index contributed by atoms with van der Waals surface area (Å²) in [4.78, 5) is 0. The second-order valence-electron chi connectivity index (χ2n) is 4.67. The van der Waals surface area contributed by atoms with E-state index in [9.17, 15) is 0 Å². The molecular formula is C12H23N. The Kier molecular flexibility index (Phi) is 4.51. The predicted molar refractivity (Wildman–Crippen MR) is 58.6 cm³/mol. The lowest BCUT2D eigenvalue weighted by atomic mass is 9.99. The highest BCUT2D eigenvalue weighted by Gasteiger charge is 2.08. The summed E-state index contributed by atoms with van der Waals surface area (Å²) in [5.74, 6) is 0.820. The van der Waals surface area contributed by atoms with Gasteiger partial charge in [-0.25, -0.2) is 0 Å². The van der Waals surface area contributed by atoms with E-state index in [-0.39, 0.29) is 0 Å². The molecule has 0 aromatic heterocycles. The molecule has 1 atom stereocenters. The first-order chi connectivity index (χ1) is 6.18. The van der Waals surface area contributed by atoms with E-state index in [1.54, 1.807) is 5.57 Å². The first-order valence-electron chi connectivity index (χ1n) is 5.63. The van der Waals surface area contributed by atoms with Gasteiger partial charge < -0.3 is 5.73 Å². The van der Waals surface area contributed by atoms with Crippen LogP contribution in [0, 0.1) is 5.92 Å². The van der Waals surface area contributed by atoms with Gasteiger partial charge in [-0.2, -0.15) is 0 Å². The van der Waals surface area contributed by atoms with Crippen LogP contribution < -0.4 is 5.73 Å². The van der Waals surface area contributed by atoms with Crippen LogP contribution in [0.25, 0.3) is 0 Å². The molecule has 1 aliphatic carbocycles. The summed E-state index contributed by atoms with van der Waals surface area (Å²) in [7, 11) is 0. The molecule has 0 spiro atoms. The van der Waals surface area contributed by atoms with Crippen LogP contribution in [0.2, 0.25) is 0 Å². The van der Waals surface area contributed by atoms with Gasteiger partial charge in [0.25, 0.3) is 0 Å². The van der Waals surface area contributed by atoms with Gasteiger partial charge in [-0.05, 0) is 38.0 Å². The second-order valence-corrected chi connectivity index (χ2v) is 4.67. The monoisotopic (exact) mass is 181 g/mol. The molecule has 0 radical (unpaired) electrons. The minimum atomic E-state index is 0.338. The number of hydrogen-bond acceptors (Lipinski definition) is 1. The Morgan fingerprint density at radius 2 is 2.23 bits per heavy atom. The van der Waals surface area contributed by atoms with Gasteiger partial charge in [-0.1, -0.05) is 31.9 Å². The summed E-state index contributed by atoms with van der Waals surface area (Å²) in [6.45, 7) is 4.58. The number of nitrogens with two attached hydrogens (primary N) is 1. The van der Waals surface area contributed by atoms with Crippen molar-refractivity contribution < 1.29 is 0 Å². The van der Waals surface area contributed by atoms with Crippen molar-refractivity contribution in [2.75, 3.05) is 0 Å². The topological polar surface area (TPSA) is 26.0 Å². The van der Waals surface area contributed by atoms with E-state index in [0.717, 1.165) is 5.92 Å². The molecule has 0 aromatic rings. The molecule has 0 saturated heterocycles. The van der Waals surface area contributed by atoms with Crippen molar-refractivity contribution in [3.63, 3.8) is 0 Å². The zero-order chi connectivity index (χ0) is 9.68. The van der Waals surface area contributed by atoms with Crippen molar-refractivity contribution >= 4 is 0 Å². The van der Waals surface area contributed by atoms with Crippen LogP contribution in [0.4, 0.5) is 0 Å². The van der Waals surface area contributed by atoms with Crippen LogP contribution >= 0.6 is 0 Å². The van der Waals surface area contributed by atoms with Gasteiger partial charge in [0.05, 0.1) is 0 Å². The molecule has 2 N–H and O–H groups in total. The van der Waals surface area contributed by atoms with Gasteiger partial charge in [0.15, 0.2) is 0 Å². The van der Waals surface area contributed by atoms with E-state index in [4.69, 9.17) is 5.73 Å². The summed E-state index contributed by atoms with van der Waals surface area (Å²) >= 11 is 0. The van der Waals surface area contributed by atoms with Crippen molar-refractivity contribution in [2.24, 2.45) is 11.7 Å². The minimum Gasteiger partial charge on any atom is -0.324 e. The average molecular weight is 181 g/mol. The molecule has 0 aromatic carbocycles. The third-order valence-electron chi connectivity index (χ3n) is 2.78. The molecule has 0 bridgehead atoms. The Bertz CT molecular complexity index is 170. The van der Waals surface area contributed by atoms with Gasteiger partial charge >= 0.3 is 0 Å². The van der Waals surface area contributed by atoms with Crippen LogP contribution in [0.3, 0.4) is 0 Å². The first-order valence-corrected chi connectivity index (χ1v) is 5.63. The predicted octanol–water partition coefficient (Wildman–Crippen LogP) is 3.25. The quantitative estimate of drug-likeness (QED) is 0.664. The molecule has 1 rings (SSSR count). The summed E-state index contributed by atoms with van der Waals surface area (Å²) < 4.78 is 0. The number of allylic oxidation sites excluding steroid dienone is 1. The SMILES string of the molecule is CC(C)CCC1=CC(N)CCCC1. The molecule has 0 saturated carbocycles. The molecule has 0 heterocycles. The Hall–Kier alpha value is -0.300. The van der Waals surface area contributed by atoms with Crippen molar-refractivity contribution in [3.8, 4) is 0 Å². The fourth-order valence-corrected chi connectivity index (χ4v) is 1.88. The summed E-state index contributed by atoms with van der Waals surface area (Å²) in [6, 6.07) is 0.338. The molecule has 13 heavy (non-hydrogen) atoms. The maximum absolute atomic E-state index is 5.96. The summed E-state index contributed by atoms with van der Waals surface area (Å²) in [5, 5.41) is 0. The zero-order valence-corrected chi connectivity index (χ0v) is 9.05. The molecule has 1 unspecified atom stereocenters. The average Bonchev–Trinajstić information content (AvgIpc) is 2.26. The van der Waals surface area contributed by atoms with Crippen molar-refractivity contribution in [1.82, 2.24) is 0 Å². The van der Waals surface area contributed by atoms with E-state index in [2.05, 4.69) is 19.9 Å². The first kappa shape index (κ1) is 10.8. The number of hydrogen-bond donors (Lipinski definition) is 1. The van der Waals surface area contributed by atoms with Crippen LogP contribution in [0.5, 0.6) is 0 Å². The zero-order valence-electron chi connectivity index (χ0n) is 9.05. The van der Waals surface area contributed by atoms with Crippen LogP contribution in [-0.4, -0.2) is 6.04 Å². The Labute approximate surface area is 82.4 Å². The third kappa shape index (κ3) is 4.47. The van der Waals surface area contributed by atoms with Gasteiger partial charge in [-0.15, -0.1) is 0 Å². The fraction of sp³-hybridized carbons (Fsp3) is 0.833. The molecule has 76 valence electrons. The minimum absolute atomic E-state index is 0.338. The molecule has 1 aliphatic rings. The van der Waals surface area contributed by atoms with E-state index < -0.39 is 0 Å². The van der Waals surface area contributed by atoms with Crippen molar-refractivity contribution in [1.29, 1.82) is 0 Å². The summed E-state index contributed by atoms with van der Waals surface area (Å²) in [5.41, 5.74) is 7.57. The Morgan fingerprint density at radius 1 is 1.46 bits per heavy atom. The normalized spacial score (nSPS) is 24.3. The lowest BCUT2D eigenvalue weighted by molar-refractivity contribution is 0.574. The molecule has 1 heteroatoms. The molecule has 1 nitrogen and oxygen atoms in total. The van der Waals surface area contributed by atoms with Gasteiger partial charge in [0, 0.05) is 6.04 Å².